The van der Waals surface area contributed by atoms with E-state index in [9.17, 15) is 4.79 Å². The number of carbonyl (C=O) groups is 1. The van der Waals surface area contributed by atoms with Crippen molar-refractivity contribution in [3.8, 4) is 0 Å². The Morgan fingerprint density at radius 3 is 2.50 bits per heavy atom. The third-order valence-electron chi connectivity index (χ3n) is 3.85. The average molecular weight is 294 g/mol. The fourth-order valence-electron chi connectivity index (χ4n) is 2.10. The predicted molar refractivity (Wildman–Crippen MR) is 87.2 cm³/mol. The predicted octanol–water partition coefficient (Wildman–Crippen LogP) is 3.03. The van der Waals surface area contributed by atoms with Gasteiger partial charge in [0.15, 0.2) is 0 Å². The summed E-state index contributed by atoms with van der Waals surface area (Å²) in [6.07, 6.45) is 1.72. The minimum atomic E-state index is -0.251. The van der Waals surface area contributed by atoms with Gasteiger partial charge < -0.3 is 11.1 Å². The number of aryl methyl sites for hydroxylation is 2. The van der Waals surface area contributed by atoms with Gasteiger partial charge in [-0.3, -0.25) is 4.79 Å². The molecule has 3 nitrogen and oxygen atoms in total. The van der Waals surface area contributed by atoms with Crippen molar-refractivity contribution < 1.29 is 4.79 Å². The third kappa shape index (κ3) is 4.53. The molecule has 3 N–H and O–H groups in total. The van der Waals surface area contributed by atoms with Crippen LogP contribution in [-0.2, 0) is 4.79 Å². The summed E-state index contributed by atoms with van der Waals surface area (Å²) in [4.78, 5) is 13.3. The smallest absolute Gasteiger partial charge is 0.230 e. The van der Waals surface area contributed by atoms with E-state index in [1.807, 2.05) is 0 Å². The highest BCUT2D eigenvalue weighted by Gasteiger charge is 2.26. The number of carbonyl (C=O) groups excluding carboxylic acids is 1. The minimum absolute atomic E-state index is 0.0602. The Labute approximate surface area is 126 Å². The Hall–Kier alpha value is -1.00. The van der Waals surface area contributed by atoms with Gasteiger partial charge >= 0.3 is 0 Å². The van der Waals surface area contributed by atoms with E-state index >= 15 is 0 Å². The number of thioether (sulfide) groups is 1. The third-order valence-corrected chi connectivity index (χ3v) is 5.01. The molecule has 0 bridgehead atoms. The lowest BCUT2D eigenvalue weighted by molar-refractivity contribution is -0.120. The lowest BCUT2D eigenvalue weighted by Gasteiger charge is -2.31. The Bertz CT molecular complexity index is 448. The summed E-state index contributed by atoms with van der Waals surface area (Å²) in [5.41, 5.74) is 7.99. The Kier molecular flexibility index (Phi) is 6.56. The number of nitrogens with two attached hydrogens (primary N) is 1. The summed E-state index contributed by atoms with van der Waals surface area (Å²) < 4.78 is 0. The zero-order valence-corrected chi connectivity index (χ0v) is 13.8. The minimum Gasteiger partial charge on any atom is -0.349 e. The van der Waals surface area contributed by atoms with Crippen molar-refractivity contribution in [2.75, 3.05) is 12.3 Å². The molecule has 1 aromatic carbocycles. The van der Waals surface area contributed by atoms with Crippen molar-refractivity contribution in [1.29, 1.82) is 0 Å². The van der Waals surface area contributed by atoms with Crippen molar-refractivity contribution in [3.05, 3.63) is 29.3 Å². The SMILES string of the molecule is CCC(CC)(CN)NC(=O)CSc1cc(C)ccc1C. The van der Waals surface area contributed by atoms with Crippen molar-refractivity contribution >= 4 is 17.7 Å². The number of hydrogen-bond acceptors (Lipinski definition) is 3. The highest BCUT2D eigenvalue weighted by molar-refractivity contribution is 8.00. The van der Waals surface area contributed by atoms with E-state index < -0.39 is 0 Å². The largest absolute Gasteiger partial charge is 0.349 e. The van der Waals surface area contributed by atoms with Crippen LogP contribution < -0.4 is 11.1 Å². The van der Waals surface area contributed by atoms with Crippen LogP contribution in [-0.4, -0.2) is 23.7 Å². The van der Waals surface area contributed by atoms with Gasteiger partial charge in [0.05, 0.1) is 11.3 Å². The van der Waals surface area contributed by atoms with Crippen LogP contribution in [0.15, 0.2) is 23.1 Å². The first kappa shape index (κ1) is 17.1. The topological polar surface area (TPSA) is 55.1 Å². The maximum atomic E-state index is 12.1. The molecule has 0 aliphatic carbocycles. The van der Waals surface area contributed by atoms with Gasteiger partial charge in [-0.1, -0.05) is 31.5 Å². The first-order valence-electron chi connectivity index (χ1n) is 7.17. The summed E-state index contributed by atoms with van der Waals surface area (Å²) in [5, 5.41) is 3.10. The molecule has 1 aromatic rings. The summed E-state index contributed by atoms with van der Waals surface area (Å²) >= 11 is 1.59. The van der Waals surface area contributed by atoms with Gasteiger partial charge in [0.1, 0.15) is 0 Å². The second-order valence-electron chi connectivity index (χ2n) is 5.30. The summed E-state index contributed by atoms with van der Waals surface area (Å²) in [6.45, 7) is 8.75. The van der Waals surface area contributed by atoms with Gasteiger partial charge in [0.25, 0.3) is 0 Å². The second-order valence-corrected chi connectivity index (χ2v) is 6.31. The van der Waals surface area contributed by atoms with E-state index in [0.29, 0.717) is 12.3 Å². The maximum Gasteiger partial charge on any atom is 0.230 e. The van der Waals surface area contributed by atoms with Crippen LogP contribution in [0.5, 0.6) is 0 Å². The van der Waals surface area contributed by atoms with Crippen LogP contribution in [0, 0.1) is 13.8 Å². The second kappa shape index (κ2) is 7.70. The number of benzene rings is 1. The van der Waals surface area contributed by atoms with Crippen molar-refractivity contribution in [2.24, 2.45) is 5.73 Å². The molecule has 0 fully saturated rings. The highest BCUT2D eigenvalue weighted by Crippen LogP contribution is 2.23. The molecule has 0 aliphatic heterocycles. The molecule has 0 radical (unpaired) electrons. The van der Waals surface area contributed by atoms with E-state index in [1.165, 1.54) is 16.0 Å². The first-order valence-corrected chi connectivity index (χ1v) is 8.16. The summed E-state index contributed by atoms with van der Waals surface area (Å²) in [7, 11) is 0. The molecule has 0 atom stereocenters. The monoisotopic (exact) mass is 294 g/mol. The van der Waals surface area contributed by atoms with Crippen LogP contribution in [0.1, 0.15) is 37.8 Å². The molecular weight excluding hydrogens is 268 g/mol. The molecule has 0 saturated carbocycles. The Balaban J connectivity index is 2.61. The number of amides is 1. The number of rotatable bonds is 7. The molecule has 1 amide bonds. The van der Waals surface area contributed by atoms with E-state index in [4.69, 9.17) is 5.73 Å². The standard InChI is InChI=1S/C16H26N2OS/c1-5-16(6-2,11-17)18-15(19)10-20-14-9-12(3)7-8-13(14)4/h7-9H,5-6,10-11,17H2,1-4H3,(H,18,19). The highest BCUT2D eigenvalue weighted by atomic mass is 32.2. The van der Waals surface area contributed by atoms with Crippen molar-refractivity contribution in [2.45, 2.75) is 51.0 Å². The Morgan fingerprint density at radius 1 is 1.30 bits per heavy atom. The number of hydrogen-bond donors (Lipinski definition) is 2. The van der Waals surface area contributed by atoms with Gasteiger partial charge in [-0.25, -0.2) is 0 Å². The van der Waals surface area contributed by atoms with E-state index in [0.717, 1.165) is 12.8 Å². The molecular formula is C16H26N2OS. The Morgan fingerprint density at radius 2 is 1.95 bits per heavy atom. The average Bonchev–Trinajstić information content (AvgIpc) is 2.46. The molecule has 0 spiro atoms. The van der Waals surface area contributed by atoms with Crippen LogP contribution in [0.2, 0.25) is 0 Å². The lowest BCUT2D eigenvalue weighted by Crippen LogP contribution is -2.53. The van der Waals surface area contributed by atoms with E-state index in [-0.39, 0.29) is 11.4 Å². The van der Waals surface area contributed by atoms with Crippen LogP contribution in [0.25, 0.3) is 0 Å². The van der Waals surface area contributed by atoms with E-state index in [2.05, 4.69) is 51.2 Å². The molecule has 112 valence electrons. The molecule has 0 unspecified atom stereocenters. The van der Waals surface area contributed by atoms with Crippen molar-refractivity contribution in [1.82, 2.24) is 5.32 Å². The molecule has 4 heteroatoms. The maximum absolute atomic E-state index is 12.1. The molecule has 0 saturated heterocycles. The van der Waals surface area contributed by atoms with Gasteiger partial charge in [-0.05, 0) is 38.3 Å². The molecule has 0 aromatic heterocycles. The molecule has 20 heavy (non-hydrogen) atoms. The van der Waals surface area contributed by atoms with Gasteiger partial charge in [0, 0.05) is 11.4 Å². The number of nitrogens with one attached hydrogen (secondary N) is 1. The van der Waals surface area contributed by atoms with Crippen LogP contribution >= 0.6 is 11.8 Å². The molecule has 0 aliphatic rings. The summed E-state index contributed by atoms with van der Waals surface area (Å²) in [5.74, 6) is 0.497. The van der Waals surface area contributed by atoms with Gasteiger partial charge in [-0.2, -0.15) is 0 Å². The zero-order chi connectivity index (χ0) is 15.2. The van der Waals surface area contributed by atoms with Crippen LogP contribution in [0.4, 0.5) is 0 Å². The molecule has 1 rings (SSSR count). The zero-order valence-electron chi connectivity index (χ0n) is 13.0. The van der Waals surface area contributed by atoms with Crippen LogP contribution in [0.3, 0.4) is 0 Å². The van der Waals surface area contributed by atoms with Gasteiger partial charge in [-0.15, -0.1) is 11.8 Å². The fraction of sp³-hybridized carbons (Fsp3) is 0.562. The fourth-order valence-corrected chi connectivity index (χ4v) is 3.03. The lowest BCUT2D eigenvalue weighted by atomic mass is 9.93. The van der Waals surface area contributed by atoms with Crippen molar-refractivity contribution in [3.63, 3.8) is 0 Å². The molecule has 0 heterocycles. The first-order chi connectivity index (χ1) is 9.46. The normalized spacial score (nSPS) is 11.4. The summed E-state index contributed by atoms with van der Waals surface area (Å²) in [6, 6.07) is 6.31. The van der Waals surface area contributed by atoms with E-state index in [1.54, 1.807) is 11.8 Å². The quantitative estimate of drug-likeness (QED) is 0.760. The van der Waals surface area contributed by atoms with Gasteiger partial charge in [0.2, 0.25) is 5.91 Å².